The van der Waals surface area contributed by atoms with E-state index in [0.29, 0.717) is 5.69 Å². The lowest BCUT2D eigenvalue weighted by Gasteiger charge is -2.09. The van der Waals surface area contributed by atoms with Crippen LogP contribution in [0.15, 0.2) is 18.5 Å². The van der Waals surface area contributed by atoms with E-state index in [1.807, 2.05) is 0 Å². The van der Waals surface area contributed by atoms with Gasteiger partial charge in [-0.2, -0.15) is 0 Å². The lowest BCUT2D eigenvalue weighted by atomic mass is 10.3. The molecule has 8 heteroatoms. The van der Waals surface area contributed by atoms with Gasteiger partial charge in [0.1, 0.15) is 17.2 Å². The van der Waals surface area contributed by atoms with Crippen molar-refractivity contribution in [2.75, 3.05) is 11.1 Å². The highest BCUT2D eigenvalue weighted by Crippen LogP contribution is 2.31. The fourth-order valence-electron chi connectivity index (χ4n) is 1.24. The first kappa shape index (κ1) is 13.1. The Morgan fingerprint density at radius 2 is 1.72 bits per heavy atom. The molecule has 2 aromatic rings. The SMILES string of the molecule is Nc1ncnc(Nc2cc(Cl)c(F)c(Cl)c2)c1Cl. The van der Waals surface area contributed by atoms with Gasteiger partial charge >= 0.3 is 0 Å². The number of hydrogen-bond acceptors (Lipinski definition) is 4. The topological polar surface area (TPSA) is 63.8 Å². The zero-order chi connectivity index (χ0) is 13.3. The van der Waals surface area contributed by atoms with Crippen molar-refractivity contribution in [2.45, 2.75) is 0 Å². The Balaban J connectivity index is 2.37. The van der Waals surface area contributed by atoms with Crippen LogP contribution in [-0.4, -0.2) is 9.97 Å². The van der Waals surface area contributed by atoms with E-state index in [9.17, 15) is 4.39 Å². The van der Waals surface area contributed by atoms with Gasteiger partial charge in [-0.3, -0.25) is 0 Å². The fraction of sp³-hybridized carbons (Fsp3) is 0. The van der Waals surface area contributed by atoms with Crippen LogP contribution < -0.4 is 11.1 Å². The van der Waals surface area contributed by atoms with Crippen molar-refractivity contribution in [3.05, 3.63) is 39.3 Å². The molecule has 0 amide bonds. The smallest absolute Gasteiger partial charge is 0.160 e. The largest absolute Gasteiger partial charge is 0.382 e. The number of nitrogens with zero attached hydrogens (tertiary/aromatic N) is 2. The van der Waals surface area contributed by atoms with Gasteiger partial charge in [-0.05, 0) is 12.1 Å². The molecule has 0 spiro atoms. The molecule has 1 aromatic heterocycles. The van der Waals surface area contributed by atoms with E-state index in [4.69, 9.17) is 40.5 Å². The normalized spacial score (nSPS) is 10.4. The Morgan fingerprint density at radius 3 is 2.33 bits per heavy atom. The fourth-order valence-corrected chi connectivity index (χ4v) is 1.87. The maximum Gasteiger partial charge on any atom is 0.160 e. The number of benzene rings is 1. The van der Waals surface area contributed by atoms with Gasteiger partial charge in [0.25, 0.3) is 0 Å². The number of rotatable bonds is 2. The molecular weight excluding hydrogens is 301 g/mol. The third-order valence-corrected chi connectivity index (χ3v) is 2.99. The second kappa shape index (κ2) is 5.14. The number of nitrogens with one attached hydrogen (secondary N) is 1. The molecule has 4 nitrogen and oxygen atoms in total. The molecule has 0 fully saturated rings. The lowest BCUT2D eigenvalue weighted by Crippen LogP contribution is -2.00. The van der Waals surface area contributed by atoms with Crippen LogP contribution in [0.2, 0.25) is 15.1 Å². The van der Waals surface area contributed by atoms with E-state index in [2.05, 4.69) is 15.3 Å². The van der Waals surface area contributed by atoms with E-state index in [1.54, 1.807) is 0 Å². The molecule has 1 heterocycles. The maximum absolute atomic E-state index is 13.2. The van der Waals surface area contributed by atoms with Gasteiger partial charge < -0.3 is 11.1 Å². The Kier molecular flexibility index (Phi) is 3.75. The highest BCUT2D eigenvalue weighted by molar-refractivity contribution is 6.36. The Morgan fingerprint density at radius 1 is 1.11 bits per heavy atom. The molecule has 0 saturated carbocycles. The number of hydrogen-bond donors (Lipinski definition) is 2. The van der Waals surface area contributed by atoms with Gasteiger partial charge in [-0.1, -0.05) is 34.8 Å². The van der Waals surface area contributed by atoms with Crippen LogP contribution in [0, 0.1) is 5.82 Å². The molecule has 0 saturated heterocycles. The molecule has 0 aliphatic carbocycles. The van der Waals surface area contributed by atoms with Crippen LogP contribution in [-0.2, 0) is 0 Å². The first-order valence-electron chi connectivity index (χ1n) is 4.66. The molecule has 0 unspecified atom stereocenters. The third kappa shape index (κ3) is 2.58. The summed E-state index contributed by atoms with van der Waals surface area (Å²) in [6, 6.07) is 2.72. The van der Waals surface area contributed by atoms with Gasteiger partial charge in [0.15, 0.2) is 11.6 Å². The van der Waals surface area contributed by atoms with Crippen LogP contribution in [0.1, 0.15) is 0 Å². The summed E-state index contributed by atoms with van der Waals surface area (Å²) in [5, 5.41) is 2.77. The van der Waals surface area contributed by atoms with Crippen LogP contribution in [0.25, 0.3) is 0 Å². The summed E-state index contributed by atoms with van der Waals surface area (Å²) in [4.78, 5) is 7.61. The van der Waals surface area contributed by atoms with Crippen molar-refractivity contribution in [2.24, 2.45) is 0 Å². The van der Waals surface area contributed by atoms with Crippen molar-refractivity contribution in [3.63, 3.8) is 0 Å². The molecule has 2 rings (SSSR count). The van der Waals surface area contributed by atoms with E-state index in [1.165, 1.54) is 18.5 Å². The zero-order valence-corrected chi connectivity index (χ0v) is 11.0. The van der Waals surface area contributed by atoms with Gasteiger partial charge in [-0.15, -0.1) is 0 Å². The summed E-state index contributed by atoms with van der Waals surface area (Å²) in [5.74, 6) is -0.270. The van der Waals surface area contributed by atoms with Gasteiger partial charge in [0.2, 0.25) is 0 Å². The number of halogens is 4. The second-order valence-electron chi connectivity index (χ2n) is 3.30. The summed E-state index contributed by atoms with van der Waals surface area (Å²) in [7, 11) is 0. The summed E-state index contributed by atoms with van der Waals surface area (Å²) >= 11 is 17.2. The van der Waals surface area contributed by atoms with E-state index in [0.717, 1.165) is 0 Å². The highest BCUT2D eigenvalue weighted by atomic mass is 35.5. The molecule has 94 valence electrons. The predicted molar refractivity (Wildman–Crippen MR) is 71.2 cm³/mol. The lowest BCUT2D eigenvalue weighted by molar-refractivity contribution is 0.629. The van der Waals surface area contributed by atoms with Crippen molar-refractivity contribution >= 4 is 52.1 Å². The Bertz CT molecular complexity index is 583. The Labute approximate surface area is 117 Å². The molecule has 18 heavy (non-hydrogen) atoms. The minimum Gasteiger partial charge on any atom is -0.382 e. The number of anilines is 3. The summed E-state index contributed by atoms with van der Waals surface area (Å²) in [6.07, 6.45) is 1.25. The molecule has 0 aliphatic heterocycles. The first-order chi connectivity index (χ1) is 8.49. The molecule has 0 bridgehead atoms. The van der Waals surface area contributed by atoms with Gasteiger partial charge in [-0.25, -0.2) is 14.4 Å². The van der Waals surface area contributed by atoms with Crippen LogP contribution in [0.3, 0.4) is 0 Å². The molecular formula is C10H6Cl3FN4. The van der Waals surface area contributed by atoms with E-state index in [-0.39, 0.29) is 26.7 Å². The molecule has 0 atom stereocenters. The van der Waals surface area contributed by atoms with Crippen LogP contribution >= 0.6 is 34.8 Å². The minimum atomic E-state index is -0.683. The quantitative estimate of drug-likeness (QED) is 0.826. The average molecular weight is 308 g/mol. The summed E-state index contributed by atoms with van der Waals surface area (Å²) < 4.78 is 13.2. The average Bonchev–Trinajstić information content (AvgIpc) is 2.32. The van der Waals surface area contributed by atoms with Gasteiger partial charge in [0, 0.05) is 5.69 Å². The molecule has 1 aromatic carbocycles. The summed E-state index contributed by atoms with van der Waals surface area (Å²) in [6.45, 7) is 0. The molecule has 0 aliphatic rings. The van der Waals surface area contributed by atoms with Crippen molar-refractivity contribution in [1.29, 1.82) is 0 Å². The second-order valence-corrected chi connectivity index (χ2v) is 4.49. The monoisotopic (exact) mass is 306 g/mol. The van der Waals surface area contributed by atoms with Crippen molar-refractivity contribution < 1.29 is 4.39 Å². The van der Waals surface area contributed by atoms with Crippen LogP contribution in [0.4, 0.5) is 21.7 Å². The van der Waals surface area contributed by atoms with Crippen molar-refractivity contribution in [1.82, 2.24) is 9.97 Å². The first-order valence-corrected chi connectivity index (χ1v) is 5.80. The third-order valence-electron chi connectivity index (χ3n) is 2.06. The summed E-state index contributed by atoms with van der Waals surface area (Å²) in [5.41, 5.74) is 5.96. The standard InChI is InChI=1S/C10H6Cl3FN4/c11-5-1-4(2-6(12)8(5)14)18-10-7(13)9(15)16-3-17-10/h1-3H,(H3,15,16,17,18). The number of aromatic nitrogens is 2. The van der Waals surface area contributed by atoms with Crippen molar-refractivity contribution in [3.8, 4) is 0 Å². The zero-order valence-electron chi connectivity index (χ0n) is 8.72. The highest BCUT2D eigenvalue weighted by Gasteiger charge is 2.10. The van der Waals surface area contributed by atoms with Crippen LogP contribution in [0.5, 0.6) is 0 Å². The maximum atomic E-state index is 13.2. The predicted octanol–water partition coefficient (Wildman–Crippen LogP) is 3.90. The number of nitrogen functional groups attached to an aromatic ring is 1. The minimum absolute atomic E-state index is 0.108. The Hall–Kier alpha value is -1.30. The van der Waals surface area contributed by atoms with Gasteiger partial charge in [0.05, 0.1) is 10.0 Å². The molecule has 3 N–H and O–H groups in total. The number of nitrogens with two attached hydrogens (primary N) is 1. The molecule has 0 radical (unpaired) electrons. The van der Waals surface area contributed by atoms with E-state index < -0.39 is 5.82 Å². The van der Waals surface area contributed by atoms with E-state index >= 15 is 0 Å².